The van der Waals surface area contributed by atoms with Crippen LogP contribution in [0, 0.1) is 10.1 Å². The fraction of sp³-hybridized carbons (Fsp3) is 0.111. The topological polar surface area (TPSA) is 118 Å². The number of ether oxygens (including phenoxy) is 2. The lowest BCUT2D eigenvalue weighted by atomic mass is 10.2. The first-order chi connectivity index (χ1) is 14.2. The van der Waals surface area contributed by atoms with Crippen molar-refractivity contribution in [3.63, 3.8) is 0 Å². The third kappa shape index (κ3) is 3.38. The van der Waals surface area contributed by atoms with Crippen molar-refractivity contribution in [2.24, 2.45) is 0 Å². The monoisotopic (exact) mass is 408 g/mol. The van der Waals surface area contributed by atoms with Crippen LogP contribution in [0.15, 0.2) is 47.8 Å². The summed E-state index contributed by atoms with van der Waals surface area (Å²) in [5.41, 5.74) is 2.23. The van der Waals surface area contributed by atoms with E-state index in [9.17, 15) is 10.1 Å². The van der Waals surface area contributed by atoms with Crippen LogP contribution in [0.25, 0.3) is 22.0 Å². The number of thiazole rings is 1. The summed E-state index contributed by atoms with van der Waals surface area (Å²) in [5, 5.41) is 26.0. The van der Waals surface area contributed by atoms with Gasteiger partial charge in [0.2, 0.25) is 12.6 Å². The van der Waals surface area contributed by atoms with E-state index in [4.69, 9.17) is 9.47 Å². The van der Waals surface area contributed by atoms with Crippen LogP contribution in [-0.4, -0.2) is 36.9 Å². The van der Waals surface area contributed by atoms with E-state index in [0.29, 0.717) is 23.7 Å². The van der Waals surface area contributed by atoms with E-state index in [0.717, 1.165) is 22.0 Å². The molecule has 0 N–H and O–H groups in total. The first-order valence-corrected chi connectivity index (χ1v) is 9.41. The molecule has 0 radical (unpaired) electrons. The standard InChI is InChI=1S/C18H12N6O4S/c25-24(26)14-3-1-2-11(6-14)17-20-22-23(21-17)8-13-9-29-18(19-13)12-4-5-15-16(7-12)28-10-27-15/h1-7,9H,8,10H2. The molecule has 10 nitrogen and oxygen atoms in total. The van der Waals surface area contributed by atoms with E-state index >= 15 is 0 Å². The van der Waals surface area contributed by atoms with Gasteiger partial charge in [0.15, 0.2) is 11.5 Å². The molecule has 4 aromatic rings. The number of nitrogens with zero attached hydrogens (tertiary/aromatic N) is 6. The SMILES string of the molecule is O=[N+]([O-])c1cccc(-c2nnn(Cc3csc(-c4ccc5c(c4)OCO5)n3)n2)c1. The summed E-state index contributed by atoms with van der Waals surface area (Å²) in [6.07, 6.45) is 0. The molecule has 0 saturated heterocycles. The Balaban J connectivity index is 1.34. The maximum atomic E-state index is 10.9. The summed E-state index contributed by atoms with van der Waals surface area (Å²) in [4.78, 5) is 16.5. The van der Waals surface area contributed by atoms with Crippen LogP contribution in [0.5, 0.6) is 11.5 Å². The molecule has 0 aliphatic carbocycles. The molecule has 3 heterocycles. The Morgan fingerprint density at radius 2 is 2.03 bits per heavy atom. The summed E-state index contributed by atoms with van der Waals surface area (Å²) in [7, 11) is 0. The number of hydrogen-bond acceptors (Lipinski definition) is 9. The number of aromatic nitrogens is 5. The van der Waals surface area contributed by atoms with Crippen LogP contribution in [0.2, 0.25) is 0 Å². The number of non-ortho nitro benzene ring substituents is 1. The number of hydrogen-bond donors (Lipinski definition) is 0. The smallest absolute Gasteiger partial charge is 0.270 e. The highest BCUT2D eigenvalue weighted by atomic mass is 32.1. The third-order valence-electron chi connectivity index (χ3n) is 4.24. The zero-order chi connectivity index (χ0) is 19.8. The van der Waals surface area contributed by atoms with Gasteiger partial charge in [-0.25, -0.2) is 4.98 Å². The number of nitro groups is 1. The number of benzene rings is 2. The molecule has 0 atom stereocenters. The van der Waals surface area contributed by atoms with Crippen LogP contribution >= 0.6 is 11.3 Å². The Kier molecular flexibility index (Phi) is 4.13. The van der Waals surface area contributed by atoms with Gasteiger partial charge in [0.25, 0.3) is 5.69 Å². The lowest BCUT2D eigenvalue weighted by Crippen LogP contribution is -2.04. The molecule has 11 heteroatoms. The number of rotatable bonds is 5. The average molecular weight is 408 g/mol. The van der Waals surface area contributed by atoms with Crippen molar-refractivity contribution in [3.05, 3.63) is 63.7 Å². The molecule has 2 aromatic carbocycles. The summed E-state index contributed by atoms with van der Waals surface area (Å²) < 4.78 is 10.7. The minimum atomic E-state index is -0.457. The summed E-state index contributed by atoms with van der Waals surface area (Å²) in [6.45, 7) is 0.565. The molecule has 0 bridgehead atoms. The molecule has 0 unspecified atom stereocenters. The molecule has 0 spiro atoms. The van der Waals surface area contributed by atoms with E-state index in [2.05, 4.69) is 20.4 Å². The average Bonchev–Trinajstić information content (AvgIpc) is 3.48. The summed E-state index contributed by atoms with van der Waals surface area (Å²) in [6, 6.07) is 11.8. The van der Waals surface area contributed by atoms with Crippen molar-refractivity contribution in [1.29, 1.82) is 0 Å². The van der Waals surface area contributed by atoms with Gasteiger partial charge in [-0.05, 0) is 23.4 Å². The molecule has 0 amide bonds. The third-order valence-corrected chi connectivity index (χ3v) is 5.18. The molecule has 0 fully saturated rings. The van der Waals surface area contributed by atoms with Crippen molar-refractivity contribution in [1.82, 2.24) is 25.2 Å². The second-order valence-corrected chi connectivity index (χ2v) is 7.02. The lowest BCUT2D eigenvalue weighted by Gasteiger charge is -1.99. The largest absolute Gasteiger partial charge is 0.454 e. The Morgan fingerprint density at radius 3 is 2.93 bits per heavy atom. The van der Waals surface area contributed by atoms with Gasteiger partial charge >= 0.3 is 0 Å². The van der Waals surface area contributed by atoms with Crippen molar-refractivity contribution in [2.45, 2.75) is 6.54 Å². The molecular formula is C18H12N6O4S. The normalized spacial score (nSPS) is 12.3. The molecule has 29 heavy (non-hydrogen) atoms. The first-order valence-electron chi connectivity index (χ1n) is 8.53. The van der Waals surface area contributed by atoms with Crippen molar-refractivity contribution in [2.75, 3.05) is 6.79 Å². The molecule has 0 saturated carbocycles. The zero-order valence-electron chi connectivity index (χ0n) is 14.8. The Hall–Kier alpha value is -3.86. The second kappa shape index (κ2) is 6.95. The van der Waals surface area contributed by atoms with E-state index in [1.54, 1.807) is 12.1 Å². The molecule has 2 aromatic heterocycles. The van der Waals surface area contributed by atoms with Gasteiger partial charge < -0.3 is 9.47 Å². The number of fused-ring (bicyclic) bond motifs is 1. The molecule has 1 aliphatic rings. The predicted octanol–water partition coefficient (Wildman–Crippen LogP) is 3.15. The maximum Gasteiger partial charge on any atom is 0.270 e. The van der Waals surface area contributed by atoms with Gasteiger partial charge in [-0.15, -0.1) is 21.5 Å². The Bertz CT molecular complexity index is 1220. The fourth-order valence-electron chi connectivity index (χ4n) is 2.87. The van der Waals surface area contributed by atoms with Gasteiger partial charge in [-0.1, -0.05) is 12.1 Å². The summed E-state index contributed by atoms with van der Waals surface area (Å²) in [5.74, 6) is 1.75. The van der Waals surface area contributed by atoms with Crippen molar-refractivity contribution >= 4 is 17.0 Å². The van der Waals surface area contributed by atoms with Crippen molar-refractivity contribution < 1.29 is 14.4 Å². The van der Waals surface area contributed by atoms with Gasteiger partial charge in [0, 0.05) is 28.6 Å². The van der Waals surface area contributed by atoms with Gasteiger partial charge in [-0.3, -0.25) is 10.1 Å². The van der Waals surface area contributed by atoms with Gasteiger partial charge in [0.1, 0.15) is 11.6 Å². The van der Waals surface area contributed by atoms with Crippen molar-refractivity contribution in [3.8, 4) is 33.5 Å². The van der Waals surface area contributed by atoms with E-state index < -0.39 is 4.92 Å². The van der Waals surface area contributed by atoms with Crippen LogP contribution in [0.3, 0.4) is 0 Å². The molecular weight excluding hydrogens is 396 g/mol. The van der Waals surface area contributed by atoms with E-state index in [1.165, 1.54) is 28.3 Å². The minimum absolute atomic E-state index is 0.0216. The molecule has 1 aliphatic heterocycles. The lowest BCUT2D eigenvalue weighted by molar-refractivity contribution is -0.384. The van der Waals surface area contributed by atoms with Crippen LogP contribution in [0.4, 0.5) is 5.69 Å². The number of nitro benzene ring substituents is 1. The maximum absolute atomic E-state index is 10.9. The van der Waals surface area contributed by atoms with Gasteiger partial charge in [0.05, 0.1) is 10.6 Å². The Labute approximate surface area is 167 Å². The molecule has 144 valence electrons. The highest BCUT2D eigenvalue weighted by Crippen LogP contribution is 2.36. The predicted molar refractivity (Wildman–Crippen MR) is 103 cm³/mol. The molecule has 5 rings (SSSR count). The van der Waals surface area contributed by atoms with Crippen LogP contribution < -0.4 is 9.47 Å². The van der Waals surface area contributed by atoms with Gasteiger partial charge in [-0.2, -0.15) is 4.80 Å². The van der Waals surface area contributed by atoms with E-state index in [-0.39, 0.29) is 12.5 Å². The first kappa shape index (κ1) is 17.3. The quantitative estimate of drug-likeness (QED) is 0.365. The Morgan fingerprint density at radius 1 is 1.14 bits per heavy atom. The minimum Gasteiger partial charge on any atom is -0.454 e. The van der Waals surface area contributed by atoms with Crippen LogP contribution in [-0.2, 0) is 6.54 Å². The highest BCUT2D eigenvalue weighted by molar-refractivity contribution is 7.13. The van der Waals surface area contributed by atoms with Crippen LogP contribution in [0.1, 0.15) is 5.69 Å². The fourth-order valence-corrected chi connectivity index (χ4v) is 3.68. The second-order valence-electron chi connectivity index (χ2n) is 6.16. The highest BCUT2D eigenvalue weighted by Gasteiger charge is 2.16. The summed E-state index contributed by atoms with van der Waals surface area (Å²) >= 11 is 1.50. The number of tetrazole rings is 1. The van der Waals surface area contributed by atoms with E-state index in [1.807, 2.05) is 23.6 Å². The zero-order valence-corrected chi connectivity index (χ0v) is 15.6.